The molecular formula is C22H28Cl2N4O. The normalized spacial score (nSPS) is 17.4. The number of nitrogens with zero attached hydrogens (tertiary/aromatic N) is 4. The molecule has 2 aliphatic heterocycles. The summed E-state index contributed by atoms with van der Waals surface area (Å²) in [5, 5.41) is 1.24. The topological polar surface area (TPSA) is 41.4 Å². The minimum Gasteiger partial charge on any atom is -0.368 e. The van der Waals surface area contributed by atoms with Crippen molar-refractivity contribution in [3.63, 3.8) is 0 Å². The van der Waals surface area contributed by atoms with Crippen LogP contribution in [0.5, 0.6) is 0 Å². The molecule has 0 bridgehead atoms. The van der Waals surface area contributed by atoms with E-state index in [1.165, 1.54) is 0 Å². The van der Waals surface area contributed by atoms with Gasteiger partial charge in [0.25, 0.3) is 5.56 Å². The quantitative estimate of drug-likeness (QED) is 0.713. The molecule has 2 aromatic rings. The predicted octanol–water partition coefficient (Wildman–Crippen LogP) is 3.95. The number of anilines is 1. The molecule has 2 aliphatic rings. The summed E-state index contributed by atoms with van der Waals surface area (Å²) >= 11 is 12.5. The van der Waals surface area contributed by atoms with Gasteiger partial charge in [0.15, 0.2) is 0 Å². The molecule has 0 N–H and O–H groups in total. The average molecular weight is 435 g/mol. The first-order valence-electron chi connectivity index (χ1n) is 10.5. The van der Waals surface area contributed by atoms with Crippen molar-refractivity contribution in [1.29, 1.82) is 0 Å². The van der Waals surface area contributed by atoms with Crippen LogP contribution in [0.25, 0.3) is 0 Å². The van der Waals surface area contributed by atoms with Crippen molar-refractivity contribution in [1.82, 2.24) is 14.5 Å². The second-order valence-electron chi connectivity index (χ2n) is 8.01. The summed E-state index contributed by atoms with van der Waals surface area (Å²) < 4.78 is 1.90. The Hall–Kier alpha value is -1.56. The molecule has 0 radical (unpaired) electrons. The van der Waals surface area contributed by atoms with E-state index >= 15 is 0 Å². The predicted molar refractivity (Wildman–Crippen MR) is 120 cm³/mol. The van der Waals surface area contributed by atoms with E-state index in [4.69, 9.17) is 28.2 Å². The number of aromatic nitrogens is 2. The molecule has 4 rings (SSSR count). The molecule has 0 amide bonds. The van der Waals surface area contributed by atoms with Crippen LogP contribution in [0.3, 0.4) is 0 Å². The van der Waals surface area contributed by atoms with Gasteiger partial charge < -0.3 is 4.90 Å². The maximum Gasteiger partial charge on any atom is 0.256 e. The molecule has 7 heteroatoms. The van der Waals surface area contributed by atoms with Gasteiger partial charge >= 0.3 is 0 Å². The number of piperazine rings is 1. The van der Waals surface area contributed by atoms with Crippen LogP contribution in [0.2, 0.25) is 10.0 Å². The van der Waals surface area contributed by atoms with Crippen molar-refractivity contribution in [3.8, 4) is 0 Å². The molecule has 156 valence electrons. The van der Waals surface area contributed by atoms with E-state index in [-0.39, 0.29) is 5.56 Å². The number of hydrogen-bond acceptors (Lipinski definition) is 4. The maximum absolute atomic E-state index is 12.9. The zero-order chi connectivity index (χ0) is 20.4. The van der Waals surface area contributed by atoms with Crippen LogP contribution in [0, 0.1) is 6.92 Å². The minimum atomic E-state index is 0.188. The molecule has 1 aromatic heterocycles. The number of hydrogen-bond donors (Lipinski definition) is 0. The van der Waals surface area contributed by atoms with Crippen molar-refractivity contribution in [2.75, 3.05) is 37.6 Å². The second-order valence-corrected chi connectivity index (χ2v) is 8.80. The van der Waals surface area contributed by atoms with Gasteiger partial charge in [0.05, 0.1) is 15.7 Å². The second kappa shape index (κ2) is 9.07. The number of halogens is 2. The van der Waals surface area contributed by atoms with Crippen LogP contribution in [-0.4, -0.2) is 47.2 Å². The van der Waals surface area contributed by atoms with E-state index in [1.807, 2.05) is 29.7 Å². The van der Waals surface area contributed by atoms with E-state index in [0.717, 1.165) is 94.1 Å². The third-order valence-corrected chi connectivity index (χ3v) is 6.93. The molecule has 0 unspecified atom stereocenters. The van der Waals surface area contributed by atoms with Crippen molar-refractivity contribution >= 4 is 28.9 Å². The molecule has 29 heavy (non-hydrogen) atoms. The summed E-state index contributed by atoms with van der Waals surface area (Å²) in [6, 6.07) is 5.80. The Balaban J connectivity index is 1.32. The van der Waals surface area contributed by atoms with Gasteiger partial charge in [0.1, 0.15) is 5.82 Å². The first-order chi connectivity index (χ1) is 14.0. The fourth-order valence-corrected chi connectivity index (χ4v) is 4.86. The molecule has 5 nitrogen and oxygen atoms in total. The van der Waals surface area contributed by atoms with Crippen LogP contribution in [0.1, 0.15) is 36.3 Å². The van der Waals surface area contributed by atoms with Crippen LogP contribution < -0.4 is 10.5 Å². The van der Waals surface area contributed by atoms with Crippen LogP contribution in [-0.2, 0) is 19.4 Å². The van der Waals surface area contributed by atoms with E-state index in [0.29, 0.717) is 10.0 Å². The third-order valence-electron chi connectivity index (χ3n) is 6.13. The zero-order valence-electron chi connectivity index (χ0n) is 17.0. The standard InChI is InChI=1S/C22H28Cl2N4O/c1-16-17(22(29)28-11-3-2-9-20(28)25-16)6-5-10-26-12-14-27(15-13-26)19-8-4-7-18(23)21(19)24/h4,7-8H,2-3,5-6,9-15H2,1H3. The lowest BCUT2D eigenvalue weighted by Gasteiger charge is -2.36. The lowest BCUT2D eigenvalue weighted by Crippen LogP contribution is -2.46. The Morgan fingerprint density at radius 1 is 1.07 bits per heavy atom. The van der Waals surface area contributed by atoms with Crippen LogP contribution in [0.4, 0.5) is 5.69 Å². The van der Waals surface area contributed by atoms with Gasteiger partial charge in [-0.2, -0.15) is 0 Å². The van der Waals surface area contributed by atoms with Crippen LogP contribution >= 0.6 is 23.2 Å². The smallest absolute Gasteiger partial charge is 0.256 e. The first-order valence-corrected chi connectivity index (χ1v) is 11.3. The Labute approximate surface area is 182 Å². The van der Waals surface area contributed by atoms with Crippen LogP contribution in [0.15, 0.2) is 23.0 Å². The van der Waals surface area contributed by atoms with E-state index < -0.39 is 0 Å². The molecule has 0 saturated carbocycles. The van der Waals surface area contributed by atoms with Gasteiger partial charge in [-0.15, -0.1) is 0 Å². The van der Waals surface area contributed by atoms with E-state index in [2.05, 4.69) is 9.80 Å². The Morgan fingerprint density at radius 3 is 2.66 bits per heavy atom. The highest BCUT2D eigenvalue weighted by molar-refractivity contribution is 6.43. The number of benzene rings is 1. The lowest BCUT2D eigenvalue weighted by atomic mass is 10.1. The molecule has 0 spiro atoms. The maximum atomic E-state index is 12.9. The Kier molecular flexibility index (Phi) is 6.47. The highest BCUT2D eigenvalue weighted by Gasteiger charge is 2.20. The molecule has 3 heterocycles. The Bertz CT molecular complexity index is 935. The fraction of sp³-hybridized carbons (Fsp3) is 0.545. The van der Waals surface area contributed by atoms with Gasteiger partial charge in [-0.25, -0.2) is 4.98 Å². The van der Waals surface area contributed by atoms with Gasteiger partial charge in [0, 0.05) is 50.4 Å². The molecule has 1 fully saturated rings. The molecule has 1 aromatic carbocycles. The van der Waals surface area contributed by atoms with Gasteiger partial charge in [-0.05, 0) is 51.3 Å². The average Bonchev–Trinajstić information content (AvgIpc) is 2.73. The Morgan fingerprint density at radius 2 is 1.86 bits per heavy atom. The van der Waals surface area contributed by atoms with Crippen molar-refractivity contribution in [2.45, 2.75) is 45.6 Å². The fourth-order valence-electron chi connectivity index (χ4n) is 4.45. The molecule has 0 atom stereocenters. The first kappa shape index (κ1) is 20.7. The summed E-state index contributed by atoms with van der Waals surface area (Å²) in [6.07, 6.45) is 4.93. The van der Waals surface area contributed by atoms with Gasteiger partial charge in [-0.3, -0.25) is 14.3 Å². The highest BCUT2D eigenvalue weighted by Crippen LogP contribution is 2.32. The van der Waals surface area contributed by atoms with Gasteiger partial charge in [0.2, 0.25) is 0 Å². The SMILES string of the molecule is Cc1nc2n(c(=O)c1CCCN1CCN(c3cccc(Cl)c3Cl)CC1)CCCC2. The van der Waals surface area contributed by atoms with Crippen molar-refractivity contribution in [2.24, 2.45) is 0 Å². The molecule has 0 aliphatic carbocycles. The monoisotopic (exact) mass is 434 g/mol. The molecular weight excluding hydrogens is 407 g/mol. The van der Waals surface area contributed by atoms with Crippen molar-refractivity contribution in [3.05, 3.63) is 55.7 Å². The van der Waals surface area contributed by atoms with E-state index in [9.17, 15) is 4.79 Å². The lowest BCUT2D eigenvalue weighted by molar-refractivity contribution is 0.255. The summed E-state index contributed by atoms with van der Waals surface area (Å²) in [6.45, 7) is 7.65. The summed E-state index contributed by atoms with van der Waals surface area (Å²) in [5.41, 5.74) is 3.03. The summed E-state index contributed by atoms with van der Waals surface area (Å²) in [7, 11) is 0. The molecule has 1 saturated heterocycles. The van der Waals surface area contributed by atoms with Gasteiger partial charge in [-0.1, -0.05) is 29.3 Å². The zero-order valence-corrected chi connectivity index (χ0v) is 18.5. The minimum absolute atomic E-state index is 0.188. The highest BCUT2D eigenvalue weighted by atomic mass is 35.5. The number of aryl methyl sites for hydroxylation is 2. The summed E-state index contributed by atoms with van der Waals surface area (Å²) in [4.78, 5) is 22.3. The third kappa shape index (κ3) is 4.47. The largest absolute Gasteiger partial charge is 0.368 e. The van der Waals surface area contributed by atoms with E-state index in [1.54, 1.807) is 0 Å². The number of fused-ring (bicyclic) bond motifs is 1. The van der Waals surface area contributed by atoms with Crippen molar-refractivity contribution < 1.29 is 0 Å². The number of rotatable bonds is 5. The summed E-state index contributed by atoms with van der Waals surface area (Å²) in [5.74, 6) is 0.971.